The van der Waals surface area contributed by atoms with Crippen molar-refractivity contribution in [1.82, 2.24) is 4.90 Å². The average Bonchev–Trinajstić information content (AvgIpc) is 3.91. The van der Waals surface area contributed by atoms with Gasteiger partial charge in [-0.25, -0.2) is 9.69 Å². The lowest BCUT2D eigenvalue weighted by Gasteiger charge is -2.45. The maximum atomic E-state index is 14.1. The number of Topliss-reactive ketones (excluding diaryl/α,β-unsaturated/α-hetero) is 1. The first-order chi connectivity index (χ1) is 29.8. The van der Waals surface area contributed by atoms with Crippen molar-refractivity contribution < 1.29 is 57.1 Å². The predicted molar refractivity (Wildman–Crippen MR) is 222 cm³/mol. The molecule has 0 saturated carbocycles. The van der Waals surface area contributed by atoms with Crippen LogP contribution in [0.2, 0.25) is 0 Å². The molecule has 2 saturated heterocycles. The summed E-state index contributed by atoms with van der Waals surface area (Å²) in [6.45, 7) is 2.30. The summed E-state index contributed by atoms with van der Waals surface area (Å²) < 4.78 is 48.5. The van der Waals surface area contributed by atoms with Crippen molar-refractivity contribution in [3.63, 3.8) is 0 Å². The molecule has 5 aromatic rings. The lowest BCUT2D eigenvalue weighted by atomic mass is 9.98. The van der Waals surface area contributed by atoms with Gasteiger partial charge in [-0.15, -0.1) is 0 Å². The molecule has 0 spiro atoms. The number of ketones is 1. The highest BCUT2D eigenvalue weighted by Gasteiger charge is 2.49. The molecule has 13 heteroatoms. The van der Waals surface area contributed by atoms with Crippen LogP contribution in [0.3, 0.4) is 0 Å². The monoisotopic (exact) mass is 833 g/mol. The third-order valence-electron chi connectivity index (χ3n) is 10.8. The van der Waals surface area contributed by atoms with Crippen LogP contribution < -0.4 is 0 Å². The lowest BCUT2D eigenvalue weighted by molar-refractivity contribution is -0.319. The quantitative estimate of drug-likeness (QED) is 0.0517. The molecule has 7 rings (SSSR count). The highest BCUT2D eigenvalue weighted by molar-refractivity contribution is 6.14. The summed E-state index contributed by atoms with van der Waals surface area (Å²) in [4.78, 5) is 41.8. The standard InChI is InChI=1S/C48H51NO12/c1-31-15-13-22-35(25-31)36-26-39(41(51)43(54-2)46(52)49-37(30-59-48(49)53)34-20-11-6-12-21-34)60-38(36)23-14-24-56-45-44(58-29-33-18-9-5-10-19-33)42(40(27-50)61-47(45)55-3)57-28-32-16-7-4-8-17-32/h4-13,15-22,25-26,37,40,42-45,47,50H,14,23-24,27-30H2,1-3H3/t37-,40+,42+,43+,44-,45-,47-/m0/s1. The molecule has 0 radical (unpaired) electrons. The van der Waals surface area contributed by atoms with E-state index in [-0.39, 0.29) is 38.8 Å². The van der Waals surface area contributed by atoms with Gasteiger partial charge in [0.25, 0.3) is 5.91 Å². The smallest absolute Gasteiger partial charge is 0.417 e. The van der Waals surface area contributed by atoms with Gasteiger partial charge < -0.3 is 42.7 Å². The largest absolute Gasteiger partial charge is 0.457 e. The van der Waals surface area contributed by atoms with Crippen molar-refractivity contribution >= 4 is 17.8 Å². The van der Waals surface area contributed by atoms with Gasteiger partial charge in [-0.1, -0.05) is 121 Å². The molecule has 0 unspecified atom stereocenters. The molecule has 4 aromatic carbocycles. The van der Waals surface area contributed by atoms with Gasteiger partial charge >= 0.3 is 6.09 Å². The SMILES string of the molecule is CO[C@H](C(=O)c1cc(-c2cccc(C)c2)c(CCCO[C@@H]2[C@@H](OC)O[C@H](CO)[C@@H](OCc3ccccc3)[C@@H]2OCc2ccccc2)o1)C(=O)N1C(=O)OC[C@H]1c1ccccc1. The molecule has 0 aliphatic carbocycles. The van der Waals surface area contributed by atoms with Gasteiger partial charge in [0.1, 0.15) is 42.8 Å². The predicted octanol–water partition coefficient (Wildman–Crippen LogP) is 7.03. The maximum Gasteiger partial charge on any atom is 0.417 e. The number of ether oxygens (including phenoxy) is 7. The number of carbonyl (C=O) groups excluding carboxylic acids is 3. The van der Waals surface area contributed by atoms with Crippen molar-refractivity contribution in [1.29, 1.82) is 0 Å². The number of aliphatic hydroxyl groups is 1. The Morgan fingerprint density at radius 3 is 2.08 bits per heavy atom. The number of hydrogen-bond donors (Lipinski definition) is 1. The fraction of sp³-hybridized carbons (Fsp3) is 0.354. The van der Waals surface area contributed by atoms with Gasteiger partial charge in [0.2, 0.25) is 11.9 Å². The van der Waals surface area contributed by atoms with Gasteiger partial charge in [0.05, 0.1) is 19.8 Å². The molecule has 2 aliphatic heterocycles. The van der Waals surface area contributed by atoms with E-state index in [4.69, 9.17) is 37.6 Å². The minimum absolute atomic E-state index is 0.0505. The fourth-order valence-corrected chi connectivity index (χ4v) is 7.72. The number of aryl methyl sites for hydroxylation is 2. The summed E-state index contributed by atoms with van der Waals surface area (Å²) in [6.07, 6.45) is -5.57. The number of imide groups is 1. The van der Waals surface area contributed by atoms with E-state index in [1.807, 2.05) is 97.9 Å². The Morgan fingerprint density at radius 1 is 0.803 bits per heavy atom. The molecule has 2 aliphatic rings. The Labute approximate surface area is 355 Å². The Bertz CT molecular complexity index is 2200. The number of hydrogen-bond acceptors (Lipinski definition) is 12. The zero-order valence-electron chi connectivity index (χ0n) is 34.4. The summed E-state index contributed by atoms with van der Waals surface area (Å²) in [5.74, 6) is -1.20. The van der Waals surface area contributed by atoms with Gasteiger partial charge in [-0.3, -0.25) is 9.59 Å². The third-order valence-corrected chi connectivity index (χ3v) is 10.8. The second-order valence-corrected chi connectivity index (χ2v) is 14.9. The van der Waals surface area contributed by atoms with E-state index in [0.29, 0.717) is 29.7 Å². The van der Waals surface area contributed by atoms with Crippen molar-refractivity contribution in [2.24, 2.45) is 0 Å². The molecule has 2 fully saturated rings. The summed E-state index contributed by atoms with van der Waals surface area (Å²) in [5, 5.41) is 10.4. The van der Waals surface area contributed by atoms with E-state index in [9.17, 15) is 19.5 Å². The number of cyclic esters (lactones) is 1. The second-order valence-electron chi connectivity index (χ2n) is 14.9. The molecule has 1 N–H and O–H groups in total. The number of nitrogens with zero attached hydrogens (tertiary/aromatic N) is 1. The van der Waals surface area contributed by atoms with Crippen molar-refractivity contribution in [3.8, 4) is 11.1 Å². The van der Waals surface area contributed by atoms with Crippen LogP contribution in [0.4, 0.5) is 4.79 Å². The van der Waals surface area contributed by atoms with E-state index in [0.717, 1.165) is 27.2 Å². The maximum absolute atomic E-state index is 14.1. The Hall–Kier alpha value is -5.51. The Kier molecular flexibility index (Phi) is 14.9. The number of carbonyl (C=O) groups is 3. The van der Waals surface area contributed by atoms with Crippen LogP contribution in [0.25, 0.3) is 11.1 Å². The molecule has 61 heavy (non-hydrogen) atoms. The van der Waals surface area contributed by atoms with E-state index < -0.39 is 60.6 Å². The normalized spacial score (nSPS) is 21.9. The first-order valence-corrected chi connectivity index (χ1v) is 20.3. The van der Waals surface area contributed by atoms with Gasteiger partial charge in [-0.05, 0) is 41.7 Å². The number of furan rings is 1. The topological polar surface area (TPSA) is 152 Å². The minimum atomic E-state index is -1.67. The third kappa shape index (κ3) is 10.3. The van der Waals surface area contributed by atoms with Crippen molar-refractivity contribution in [2.45, 2.75) is 75.8 Å². The van der Waals surface area contributed by atoms with Crippen LogP contribution in [0.1, 0.15) is 51.0 Å². The van der Waals surface area contributed by atoms with Gasteiger partial charge in [0, 0.05) is 32.8 Å². The first-order valence-electron chi connectivity index (χ1n) is 20.3. The second kappa shape index (κ2) is 20.8. The summed E-state index contributed by atoms with van der Waals surface area (Å²) in [5.41, 5.74) is 5.06. The highest BCUT2D eigenvalue weighted by atomic mass is 16.7. The summed E-state index contributed by atoms with van der Waals surface area (Å²) in [6, 6.07) is 37.1. The van der Waals surface area contributed by atoms with E-state index >= 15 is 0 Å². The number of rotatable bonds is 19. The molecule has 0 bridgehead atoms. The lowest BCUT2D eigenvalue weighted by Crippen LogP contribution is -2.61. The highest BCUT2D eigenvalue weighted by Crippen LogP contribution is 2.34. The van der Waals surface area contributed by atoms with Gasteiger partial charge in [-0.2, -0.15) is 0 Å². The molecular weight excluding hydrogens is 783 g/mol. The molecule has 320 valence electrons. The number of benzene rings is 4. The minimum Gasteiger partial charge on any atom is -0.457 e. The van der Waals surface area contributed by atoms with Crippen molar-refractivity contribution in [2.75, 3.05) is 34.0 Å². The number of amides is 2. The van der Waals surface area contributed by atoms with Crippen molar-refractivity contribution in [3.05, 3.63) is 155 Å². The first kappa shape index (κ1) is 43.6. The molecule has 3 heterocycles. The molecule has 1 aromatic heterocycles. The molecule has 13 nitrogen and oxygen atoms in total. The number of aliphatic hydroxyl groups excluding tert-OH is 1. The van der Waals surface area contributed by atoms with E-state index in [1.54, 1.807) is 30.3 Å². The molecular formula is C48H51NO12. The van der Waals surface area contributed by atoms with Crippen LogP contribution in [0.15, 0.2) is 126 Å². The Morgan fingerprint density at radius 2 is 1.46 bits per heavy atom. The average molecular weight is 834 g/mol. The zero-order chi connectivity index (χ0) is 42.7. The fourth-order valence-electron chi connectivity index (χ4n) is 7.72. The molecule has 7 atom stereocenters. The summed E-state index contributed by atoms with van der Waals surface area (Å²) in [7, 11) is 2.75. The van der Waals surface area contributed by atoms with Crippen LogP contribution in [0, 0.1) is 6.92 Å². The van der Waals surface area contributed by atoms with Gasteiger partial charge in [0.15, 0.2) is 12.1 Å². The Balaban J connectivity index is 1.10. The molecule has 2 amide bonds. The number of methoxy groups -OCH3 is 2. The zero-order valence-corrected chi connectivity index (χ0v) is 34.4. The van der Waals surface area contributed by atoms with Crippen LogP contribution in [-0.4, -0.2) is 98.6 Å². The summed E-state index contributed by atoms with van der Waals surface area (Å²) >= 11 is 0. The van der Waals surface area contributed by atoms with E-state index in [2.05, 4.69) is 0 Å². The van der Waals surface area contributed by atoms with Crippen LogP contribution >= 0.6 is 0 Å². The van der Waals surface area contributed by atoms with Crippen LogP contribution in [-0.2, 0) is 57.6 Å². The van der Waals surface area contributed by atoms with Crippen LogP contribution in [0.5, 0.6) is 0 Å². The van der Waals surface area contributed by atoms with E-state index in [1.165, 1.54) is 14.2 Å².